The van der Waals surface area contributed by atoms with Gasteiger partial charge in [0.25, 0.3) is 5.91 Å². The third-order valence-corrected chi connectivity index (χ3v) is 3.16. The van der Waals surface area contributed by atoms with Gasteiger partial charge in [-0.05, 0) is 31.5 Å². The fraction of sp³-hybridized carbons (Fsp3) is 0.182. The zero-order valence-corrected chi connectivity index (χ0v) is 10.3. The fourth-order valence-corrected chi connectivity index (χ4v) is 2.13. The Morgan fingerprint density at radius 2 is 2.24 bits per heavy atom. The van der Waals surface area contributed by atoms with Crippen molar-refractivity contribution in [1.29, 1.82) is 0 Å². The average molecular weight is 248 g/mol. The lowest BCUT2D eigenvalue weighted by molar-refractivity contribution is 0.102. The van der Waals surface area contributed by atoms with Crippen LogP contribution in [0.5, 0.6) is 0 Å². The third kappa shape index (κ3) is 2.59. The normalized spacial score (nSPS) is 10.2. The van der Waals surface area contributed by atoms with Crippen LogP contribution < -0.4 is 11.1 Å². The minimum absolute atomic E-state index is 0.227. The molecule has 17 heavy (non-hydrogen) atoms. The summed E-state index contributed by atoms with van der Waals surface area (Å²) in [5.41, 5.74) is 7.22. The standard InChI is InChI=1S/C11H12N4OS/c1-6-3-4-13-8(5-6)15-10(16)9-7(2)14-11(12)17-9/h3-5H,1-2H3,(H2,12,14)(H,13,15,16). The number of carbonyl (C=O) groups excluding carboxylic acids is 1. The van der Waals surface area contributed by atoms with E-state index in [1.54, 1.807) is 19.2 Å². The van der Waals surface area contributed by atoms with E-state index < -0.39 is 0 Å². The van der Waals surface area contributed by atoms with Gasteiger partial charge in [-0.1, -0.05) is 11.3 Å². The Morgan fingerprint density at radius 3 is 2.82 bits per heavy atom. The average Bonchev–Trinajstić information content (AvgIpc) is 2.58. The number of carbonyl (C=O) groups is 1. The first kappa shape index (κ1) is 11.5. The van der Waals surface area contributed by atoms with Gasteiger partial charge >= 0.3 is 0 Å². The molecule has 0 saturated heterocycles. The maximum Gasteiger partial charge on any atom is 0.268 e. The number of pyridine rings is 1. The van der Waals surface area contributed by atoms with Crippen LogP contribution >= 0.6 is 11.3 Å². The number of rotatable bonds is 2. The minimum Gasteiger partial charge on any atom is -0.375 e. The smallest absolute Gasteiger partial charge is 0.268 e. The third-order valence-electron chi connectivity index (χ3n) is 2.18. The summed E-state index contributed by atoms with van der Waals surface area (Å²) in [6.07, 6.45) is 1.65. The lowest BCUT2D eigenvalue weighted by atomic mass is 10.3. The summed E-state index contributed by atoms with van der Waals surface area (Å²) in [7, 11) is 0. The summed E-state index contributed by atoms with van der Waals surface area (Å²) < 4.78 is 0. The molecule has 0 aliphatic heterocycles. The van der Waals surface area contributed by atoms with Crippen molar-refractivity contribution in [1.82, 2.24) is 9.97 Å². The van der Waals surface area contributed by atoms with Gasteiger partial charge in [0, 0.05) is 6.20 Å². The van der Waals surface area contributed by atoms with Gasteiger partial charge in [-0.15, -0.1) is 0 Å². The second kappa shape index (κ2) is 4.50. The van der Waals surface area contributed by atoms with E-state index in [1.165, 1.54) is 11.3 Å². The van der Waals surface area contributed by atoms with Crippen molar-refractivity contribution in [2.75, 3.05) is 11.1 Å². The van der Waals surface area contributed by atoms with Crippen molar-refractivity contribution in [2.45, 2.75) is 13.8 Å². The molecule has 2 aromatic heterocycles. The Balaban J connectivity index is 2.20. The zero-order valence-electron chi connectivity index (χ0n) is 9.52. The number of aromatic nitrogens is 2. The van der Waals surface area contributed by atoms with E-state index in [9.17, 15) is 4.79 Å². The Hall–Kier alpha value is -1.95. The molecule has 88 valence electrons. The van der Waals surface area contributed by atoms with Crippen LogP contribution in [0.2, 0.25) is 0 Å². The van der Waals surface area contributed by atoms with Crippen LogP contribution in [-0.2, 0) is 0 Å². The summed E-state index contributed by atoms with van der Waals surface area (Å²) in [5.74, 6) is 0.302. The van der Waals surface area contributed by atoms with Gasteiger partial charge in [-0.2, -0.15) is 0 Å². The Bertz CT molecular complexity index is 564. The maximum atomic E-state index is 11.9. The molecule has 1 amide bonds. The molecule has 2 rings (SSSR count). The number of hydrogen-bond acceptors (Lipinski definition) is 5. The number of nitrogen functional groups attached to an aromatic ring is 1. The predicted octanol–water partition coefficient (Wildman–Crippen LogP) is 1.99. The molecular weight excluding hydrogens is 236 g/mol. The zero-order chi connectivity index (χ0) is 12.4. The van der Waals surface area contributed by atoms with Gasteiger partial charge in [0.05, 0.1) is 5.69 Å². The summed E-state index contributed by atoms with van der Waals surface area (Å²) in [6, 6.07) is 3.67. The van der Waals surface area contributed by atoms with Crippen molar-refractivity contribution in [2.24, 2.45) is 0 Å². The monoisotopic (exact) mass is 248 g/mol. The van der Waals surface area contributed by atoms with E-state index >= 15 is 0 Å². The second-order valence-electron chi connectivity index (χ2n) is 3.64. The van der Waals surface area contributed by atoms with Gasteiger partial charge in [0.1, 0.15) is 10.7 Å². The van der Waals surface area contributed by atoms with Gasteiger partial charge in [0.2, 0.25) is 0 Å². The predicted molar refractivity (Wildman–Crippen MR) is 68.2 cm³/mol. The van der Waals surface area contributed by atoms with Crippen molar-refractivity contribution >= 4 is 28.2 Å². The largest absolute Gasteiger partial charge is 0.375 e. The van der Waals surface area contributed by atoms with E-state index in [4.69, 9.17) is 5.73 Å². The maximum absolute atomic E-state index is 11.9. The highest BCUT2D eigenvalue weighted by atomic mass is 32.1. The number of anilines is 2. The molecule has 0 atom stereocenters. The highest BCUT2D eigenvalue weighted by molar-refractivity contribution is 7.17. The molecule has 6 heteroatoms. The number of nitrogens with one attached hydrogen (secondary N) is 1. The van der Waals surface area contributed by atoms with Crippen LogP contribution in [0, 0.1) is 13.8 Å². The van der Waals surface area contributed by atoms with Crippen LogP contribution in [0.4, 0.5) is 10.9 Å². The Labute approximate surface area is 103 Å². The van der Waals surface area contributed by atoms with E-state index in [1.807, 2.05) is 13.0 Å². The van der Waals surface area contributed by atoms with E-state index in [0.717, 1.165) is 5.56 Å². The van der Waals surface area contributed by atoms with E-state index in [2.05, 4.69) is 15.3 Å². The number of aryl methyl sites for hydroxylation is 2. The highest BCUT2D eigenvalue weighted by Crippen LogP contribution is 2.20. The van der Waals surface area contributed by atoms with Crippen molar-refractivity contribution in [3.8, 4) is 0 Å². The lowest BCUT2D eigenvalue weighted by Crippen LogP contribution is -2.12. The molecule has 0 aliphatic rings. The van der Waals surface area contributed by atoms with Gasteiger partial charge in [-0.3, -0.25) is 4.79 Å². The molecule has 0 aliphatic carbocycles. The quantitative estimate of drug-likeness (QED) is 0.851. The molecule has 2 aromatic rings. The van der Waals surface area contributed by atoms with E-state index in [0.29, 0.717) is 21.5 Å². The van der Waals surface area contributed by atoms with Crippen LogP contribution in [0.1, 0.15) is 20.9 Å². The van der Waals surface area contributed by atoms with Crippen LogP contribution in [0.3, 0.4) is 0 Å². The molecule has 0 unspecified atom stereocenters. The number of amides is 1. The number of nitrogens with two attached hydrogens (primary N) is 1. The van der Waals surface area contributed by atoms with Crippen LogP contribution in [-0.4, -0.2) is 15.9 Å². The molecular formula is C11H12N4OS. The van der Waals surface area contributed by atoms with Crippen LogP contribution in [0.15, 0.2) is 18.3 Å². The van der Waals surface area contributed by atoms with Crippen molar-refractivity contribution in [3.63, 3.8) is 0 Å². The van der Waals surface area contributed by atoms with E-state index in [-0.39, 0.29) is 5.91 Å². The molecule has 3 N–H and O–H groups in total. The fourth-order valence-electron chi connectivity index (χ4n) is 1.41. The molecule has 2 heterocycles. The molecule has 0 fully saturated rings. The van der Waals surface area contributed by atoms with Crippen LogP contribution in [0.25, 0.3) is 0 Å². The molecule has 0 spiro atoms. The van der Waals surface area contributed by atoms with Gasteiger partial charge < -0.3 is 11.1 Å². The Morgan fingerprint density at radius 1 is 1.47 bits per heavy atom. The minimum atomic E-state index is -0.227. The molecule has 0 aromatic carbocycles. The number of thiazole rings is 1. The summed E-state index contributed by atoms with van der Waals surface area (Å²) in [5, 5.41) is 3.11. The first-order chi connectivity index (χ1) is 8.06. The number of hydrogen-bond donors (Lipinski definition) is 2. The lowest BCUT2D eigenvalue weighted by Gasteiger charge is -2.03. The first-order valence-electron chi connectivity index (χ1n) is 5.03. The summed E-state index contributed by atoms with van der Waals surface area (Å²) in [4.78, 5) is 20.5. The van der Waals surface area contributed by atoms with Gasteiger partial charge in [0.15, 0.2) is 5.13 Å². The molecule has 5 nitrogen and oxygen atoms in total. The second-order valence-corrected chi connectivity index (χ2v) is 4.67. The molecule has 0 saturated carbocycles. The summed E-state index contributed by atoms with van der Waals surface area (Å²) >= 11 is 1.17. The van der Waals surface area contributed by atoms with Crippen molar-refractivity contribution < 1.29 is 4.79 Å². The Kier molecular flexibility index (Phi) is 3.06. The topological polar surface area (TPSA) is 80.9 Å². The SMILES string of the molecule is Cc1ccnc(NC(=O)c2sc(N)nc2C)c1. The molecule has 0 radical (unpaired) electrons. The van der Waals surface area contributed by atoms with Crippen molar-refractivity contribution in [3.05, 3.63) is 34.5 Å². The first-order valence-corrected chi connectivity index (χ1v) is 5.85. The summed E-state index contributed by atoms with van der Waals surface area (Å²) in [6.45, 7) is 3.69. The number of nitrogens with zero attached hydrogens (tertiary/aromatic N) is 2. The highest BCUT2D eigenvalue weighted by Gasteiger charge is 2.14. The molecule has 0 bridgehead atoms. The van der Waals surface area contributed by atoms with Gasteiger partial charge in [-0.25, -0.2) is 9.97 Å².